The first kappa shape index (κ1) is 52.9. The summed E-state index contributed by atoms with van der Waals surface area (Å²) in [6.07, 6.45) is 41.5. The molecule has 0 aromatic heterocycles. The van der Waals surface area contributed by atoms with E-state index in [1.54, 1.807) is 0 Å². The Kier molecular flexibility index (Phi) is 28.4. The molecule has 1 aromatic rings. The van der Waals surface area contributed by atoms with Crippen molar-refractivity contribution in [1.82, 2.24) is 0 Å². The monoisotopic (exact) mass is 805 g/mol. The van der Waals surface area contributed by atoms with E-state index in [0.717, 1.165) is 49.7 Å². The second kappa shape index (κ2) is 30.0. The highest BCUT2D eigenvalue weighted by Gasteiger charge is 2.45. The summed E-state index contributed by atoms with van der Waals surface area (Å²) >= 11 is 0. The van der Waals surface area contributed by atoms with Crippen LogP contribution in [0.1, 0.15) is 290 Å². The zero-order valence-electron chi connectivity index (χ0n) is 38.8. The Bertz CT molecular complexity index is 1130. The van der Waals surface area contributed by atoms with E-state index in [0.29, 0.717) is 18.4 Å². The van der Waals surface area contributed by atoms with E-state index in [1.807, 2.05) is 12.1 Å². The van der Waals surface area contributed by atoms with Crippen molar-refractivity contribution < 1.29 is 18.1 Å². The zero-order valence-corrected chi connectivity index (χ0v) is 39.6. The summed E-state index contributed by atoms with van der Waals surface area (Å²) < 4.78 is 37.3. The normalized spacial score (nSPS) is 12.9. The van der Waals surface area contributed by atoms with Crippen LogP contribution in [0.15, 0.2) is 12.1 Å². The maximum atomic E-state index is 13.7. The third-order valence-electron chi connectivity index (χ3n) is 12.6. The molecule has 0 unspecified atom stereocenters. The fourth-order valence-corrected chi connectivity index (χ4v) is 10.00. The van der Waals surface area contributed by atoms with Gasteiger partial charge < -0.3 is 5.11 Å². The predicted molar refractivity (Wildman–Crippen MR) is 247 cm³/mol. The lowest BCUT2D eigenvalue weighted by Crippen LogP contribution is -2.37. The molecule has 1 aromatic carbocycles. The molecule has 1 rings (SSSR count). The highest BCUT2D eigenvalue weighted by Crippen LogP contribution is 2.47. The Morgan fingerprint density at radius 3 is 0.821 bits per heavy atom. The number of hydrogen-bond acceptors (Lipinski definition) is 3. The summed E-state index contributed by atoms with van der Waals surface area (Å²) in [7, 11) is -4.44. The van der Waals surface area contributed by atoms with Crippen molar-refractivity contribution in [3.63, 3.8) is 0 Å². The van der Waals surface area contributed by atoms with Gasteiger partial charge in [0, 0.05) is 0 Å². The molecule has 330 valence electrons. The second-order valence-corrected chi connectivity index (χ2v) is 21.7. The summed E-state index contributed by atoms with van der Waals surface area (Å²) in [4.78, 5) is 0. The summed E-state index contributed by atoms with van der Waals surface area (Å²) in [5.74, 6) is 0.253. The molecule has 0 aliphatic carbocycles. The third-order valence-corrected chi connectivity index (χ3v) is 14.2. The van der Waals surface area contributed by atoms with Gasteiger partial charge in [-0.2, -0.15) is 8.42 Å². The smallest absolute Gasteiger partial charge is 0.274 e. The van der Waals surface area contributed by atoms with E-state index in [-0.39, 0.29) is 16.6 Å². The van der Waals surface area contributed by atoms with Gasteiger partial charge in [0.05, 0.1) is 0 Å². The minimum absolute atomic E-state index is 0.253. The first-order chi connectivity index (χ1) is 26.6. The molecule has 0 radical (unpaired) electrons. The molecular weight excluding hydrogens is 709 g/mol. The van der Waals surface area contributed by atoms with Crippen molar-refractivity contribution in [3.8, 4) is 5.75 Å². The fourth-order valence-electron chi connectivity index (χ4n) is 8.78. The molecule has 0 aliphatic rings. The standard InChI is InChI=1S/C51H96O4S/c1-9-11-13-15-17-19-21-23-25-27-29-31-33-35-37-39-41-51(56(53,54)55,45-43-46(49(3,4)5)48(52)47(44-45)50(6,7)8)42-40-38-36-34-32-30-28-26-24-22-20-18-16-14-12-10-2/h43-44,52H,9-42H2,1-8H3,(H,53,54,55). The highest BCUT2D eigenvalue weighted by atomic mass is 32.2. The number of unbranched alkanes of at least 4 members (excludes halogenated alkanes) is 30. The number of aromatic hydroxyl groups is 1. The summed E-state index contributed by atoms with van der Waals surface area (Å²) in [6.45, 7) is 17.0. The van der Waals surface area contributed by atoms with Gasteiger partial charge in [0.2, 0.25) is 0 Å². The molecule has 0 amide bonds. The Morgan fingerprint density at radius 1 is 0.411 bits per heavy atom. The SMILES string of the molecule is CCCCCCCCCCCCCCCCCCC(CCCCCCCCCCCCCCCCCC)(c1cc(C(C)(C)C)c(O)c(C(C)(C)C)c1)S(=O)(=O)O. The van der Waals surface area contributed by atoms with E-state index in [9.17, 15) is 18.1 Å². The maximum absolute atomic E-state index is 13.7. The van der Waals surface area contributed by atoms with E-state index in [4.69, 9.17) is 0 Å². The number of phenols is 1. The molecule has 0 heterocycles. The van der Waals surface area contributed by atoms with Crippen LogP contribution in [0.3, 0.4) is 0 Å². The molecule has 0 bridgehead atoms. The third kappa shape index (κ3) is 22.3. The van der Waals surface area contributed by atoms with Crippen molar-refractivity contribution in [1.29, 1.82) is 0 Å². The molecule has 56 heavy (non-hydrogen) atoms. The van der Waals surface area contributed by atoms with Crippen LogP contribution in [0.25, 0.3) is 0 Å². The van der Waals surface area contributed by atoms with Gasteiger partial charge in [-0.3, -0.25) is 4.55 Å². The average Bonchev–Trinajstić information content (AvgIpc) is 3.12. The molecule has 0 atom stereocenters. The van der Waals surface area contributed by atoms with Crippen LogP contribution in [0, 0.1) is 0 Å². The molecule has 5 heteroatoms. The van der Waals surface area contributed by atoms with Gasteiger partial charge in [-0.15, -0.1) is 0 Å². The first-order valence-electron chi connectivity index (χ1n) is 24.5. The van der Waals surface area contributed by atoms with Crippen LogP contribution in [-0.2, 0) is 25.7 Å². The van der Waals surface area contributed by atoms with Crippen LogP contribution in [0.2, 0.25) is 0 Å². The van der Waals surface area contributed by atoms with Crippen LogP contribution < -0.4 is 0 Å². The summed E-state index contributed by atoms with van der Waals surface area (Å²) in [5.41, 5.74) is 1.41. The van der Waals surface area contributed by atoms with Gasteiger partial charge in [-0.25, -0.2) is 0 Å². The average molecular weight is 805 g/mol. The fraction of sp³-hybridized carbons (Fsp3) is 0.882. The number of rotatable bonds is 36. The molecule has 2 N–H and O–H groups in total. The first-order valence-corrected chi connectivity index (χ1v) is 25.9. The van der Waals surface area contributed by atoms with Crippen molar-refractivity contribution in [2.75, 3.05) is 0 Å². The molecular formula is C51H96O4S. The second-order valence-electron chi connectivity index (χ2n) is 20.0. The molecule has 0 aliphatic heterocycles. The lowest BCUT2D eigenvalue weighted by atomic mass is 9.75. The van der Waals surface area contributed by atoms with Crippen LogP contribution in [0.4, 0.5) is 0 Å². The molecule has 4 nitrogen and oxygen atoms in total. The quantitative estimate of drug-likeness (QED) is 0.0523. The van der Waals surface area contributed by atoms with Gasteiger partial charge >= 0.3 is 0 Å². The number of benzene rings is 1. The topological polar surface area (TPSA) is 74.6 Å². The van der Waals surface area contributed by atoms with Crippen LogP contribution in [0.5, 0.6) is 5.75 Å². The summed E-state index contributed by atoms with van der Waals surface area (Å²) in [5, 5.41) is 11.5. The Morgan fingerprint density at radius 2 is 0.625 bits per heavy atom. The molecule has 0 saturated heterocycles. The van der Waals surface area contributed by atoms with E-state index < -0.39 is 14.9 Å². The van der Waals surface area contributed by atoms with Crippen LogP contribution in [-0.4, -0.2) is 18.1 Å². The summed E-state index contributed by atoms with van der Waals surface area (Å²) in [6, 6.07) is 3.83. The Balaban J connectivity index is 2.78. The van der Waals surface area contributed by atoms with Crippen molar-refractivity contribution in [3.05, 3.63) is 28.8 Å². The van der Waals surface area contributed by atoms with Crippen molar-refractivity contribution in [2.24, 2.45) is 0 Å². The Labute approximate surface area is 350 Å². The minimum atomic E-state index is -4.44. The van der Waals surface area contributed by atoms with E-state index in [1.165, 1.54) is 167 Å². The predicted octanol–water partition coefficient (Wildman–Crippen LogP) is 17.4. The van der Waals surface area contributed by atoms with Gasteiger partial charge in [0.25, 0.3) is 10.1 Å². The molecule has 0 saturated carbocycles. The van der Waals surface area contributed by atoms with E-state index >= 15 is 0 Å². The maximum Gasteiger partial charge on any atom is 0.274 e. The van der Waals surface area contributed by atoms with Crippen LogP contribution >= 0.6 is 0 Å². The Hall–Kier alpha value is -1.07. The van der Waals surface area contributed by atoms with Crippen molar-refractivity contribution >= 4 is 10.1 Å². The lowest BCUT2D eigenvalue weighted by Gasteiger charge is -2.35. The number of hydrogen-bond donors (Lipinski definition) is 2. The van der Waals surface area contributed by atoms with Gasteiger partial charge in [-0.1, -0.05) is 261 Å². The van der Waals surface area contributed by atoms with E-state index in [2.05, 4.69) is 55.4 Å². The molecule has 0 fully saturated rings. The minimum Gasteiger partial charge on any atom is -0.507 e. The van der Waals surface area contributed by atoms with Gasteiger partial charge in [-0.05, 0) is 52.5 Å². The number of phenolic OH excluding ortho intramolecular Hbond substituents is 1. The zero-order chi connectivity index (χ0) is 41.8. The van der Waals surface area contributed by atoms with Gasteiger partial charge in [0.15, 0.2) is 0 Å². The highest BCUT2D eigenvalue weighted by molar-refractivity contribution is 7.86. The molecule has 0 spiro atoms. The lowest BCUT2D eigenvalue weighted by molar-refractivity contribution is 0.370. The van der Waals surface area contributed by atoms with Crippen molar-refractivity contribution in [2.45, 2.75) is 289 Å². The van der Waals surface area contributed by atoms with Gasteiger partial charge in [0.1, 0.15) is 10.5 Å². The largest absolute Gasteiger partial charge is 0.507 e.